The highest BCUT2D eigenvalue weighted by atomic mass is 32.1. The number of nitrogens with zero attached hydrogens (tertiary/aromatic N) is 1. The van der Waals surface area contributed by atoms with Crippen LogP contribution in [0, 0.1) is 5.92 Å². The average Bonchev–Trinajstić information content (AvgIpc) is 2.56. The van der Waals surface area contributed by atoms with Gasteiger partial charge >= 0.3 is 5.97 Å². The third-order valence-electron chi connectivity index (χ3n) is 3.83. The largest absolute Gasteiger partial charge is 0.490 e. The number of carbonyl (C=O) groups excluding carboxylic acids is 1. The molecular weight excluding hydrogens is 338 g/mol. The zero-order valence-electron chi connectivity index (χ0n) is 14.0. The van der Waals surface area contributed by atoms with Crippen LogP contribution in [0.15, 0.2) is 53.1 Å². The number of carboxylic acids is 1. The van der Waals surface area contributed by atoms with E-state index >= 15 is 0 Å². The molecule has 0 heterocycles. The van der Waals surface area contributed by atoms with Crippen LogP contribution in [0.4, 0.5) is 0 Å². The second-order valence-corrected chi connectivity index (χ2v) is 6.11. The quantitative estimate of drug-likeness (QED) is 0.457. The number of hydrogen-bond donors (Lipinski definition) is 1. The van der Waals surface area contributed by atoms with Crippen molar-refractivity contribution in [2.45, 2.75) is 32.4 Å². The van der Waals surface area contributed by atoms with Gasteiger partial charge in [0.05, 0.1) is 17.6 Å². The fraction of sp³-hybridized carbons (Fsp3) is 0.316. The molecule has 0 saturated heterocycles. The van der Waals surface area contributed by atoms with Gasteiger partial charge in [0.25, 0.3) is 0 Å². The van der Waals surface area contributed by atoms with Crippen LogP contribution in [0.1, 0.15) is 30.6 Å². The zero-order chi connectivity index (χ0) is 18.4. The Bertz CT molecular complexity index is 760. The minimum absolute atomic E-state index is 0.0684. The molecule has 0 saturated carbocycles. The molecule has 0 fully saturated rings. The molecular formula is C19H19NO4S. The van der Waals surface area contributed by atoms with Crippen LogP contribution in [0.3, 0.4) is 0 Å². The van der Waals surface area contributed by atoms with Crippen molar-refractivity contribution in [3.8, 4) is 5.75 Å². The molecule has 6 heteroatoms. The standard InChI is InChI=1S/C19H19NO4S/c1-12-9-15(5-8-17(12)20-11-25)19(23)14-3-6-16(7-4-14)24-13(2)10-18(21)22/h3-9,12-13,17H,10H2,1-2H3,(H,21,22). The molecule has 1 aromatic carbocycles. The SMILES string of the molecule is CC(CC(=O)O)Oc1ccc(C(=O)C2=CC(C)C(N=C=S)C=C2)cc1. The summed E-state index contributed by atoms with van der Waals surface area (Å²) in [5, 5.41) is 11.1. The van der Waals surface area contributed by atoms with Crippen LogP contribution in [0.2, 0.25) is 0 Å². The van der Waals surface area contributed by atoms with Gasteiger partial charge in [-0.1, -0.05) is 25.2 Å². The Hall–Kier alpha value is -2.56. The average molecular weight is 357 g/mol. The smallest absolute Gasteiger partial charge is 0.307 e. The summed E-state index contributed by atoms with van der Waals surface area (Å²) in [4.78, 5) is 27.3. The van der Waals surface area contributed by atoms with Crippen LogP contribution in [-0.4, -0.2) is 34.2 Å². The highest BCUT2D eigenvalue weighted by Crippen LogP contribution is 2.23. The Kier molecular flexibility index (Phi) is 6.39. The summed E-state index contributed by atoms with van der Waals surface area (Å²) in [5.74, 6) is -0.403. The van der Waals surface area contributed by atoms with Crippen LogP contribution in [0.5, 0.6) is 5.75 Å². The van der Waals surface area contributed by atoms with E-state index in [0.29, 0.717) is 16.9 Å². The third-order valence-corrected chi connectivity index (χ3v) is 3.94. The maximum absolute atomic E-state index is 12.6. The van der Waals surface area contributed by atoms with Gasteiger partial charge in [0, 0.05) is 17.1 Å². The molecule has 1 aromatic rings. The lowest BCUT2D eigenvalue weighted by atomic mass is 9.90. The Morgan fingerprint density at radius 2 is 2.04 bits per heavy atom. The number of thiocarbonyl (C=S) groups is 1. The first-order chi connectivity index (χ1) is 11.9. The Balaban J connectivity index is 2.06. The molecule has 1 N–H and O–H groups in total. The zero-order valence-corrected chi connectivity index (χ0v) is 14.8. The summed E-state index contributed by atoms with van der Waals surface area (Å²) in [5.41, 5.74) is 1.15. The lowest BCUT2D eigenvalue weighted by Crippen LogP contribution is -2.17. The van der Waals surface area contributed by atoms with Gasteiger partial charge in [-0.25, -0.2) is 4.99 Å². The summed E-state index contributed by atoms with van der Waals surface area (Å²) in [6.07, 6.45) is 4.96. The van der Waals surface area contributed by atoms with Gasteiger partial charge in [0.1, 0.15) is 11.9 Å². The van der Waals surface area contributed by atoms with Crippen molar-refractivity contribution in [1.29, 1.82) is 0 Å². The molecule has 0 spiro atoms. The Morgan fingerprint density at radius 1 is 1.36 bits per heavy atom. The number of ether oxygens (including phenoxy) is 1. The first-order valence-electron chi connectivity index (χ1n) is 7.91. The van der Waals surface area contributed by atoms with Gasteiger partial charge in [-0.05, 0) is 43.4 Å². The summed E-state index contributed by atoms with van der Waals surface area (Å²) in [6, 6.07) is 6.60. The number of carboxylic acid groups (broad SMARTS) is 1. The molecule has 25 heavy (non-hydrogen) atoms. The number of hydrogen-bond acceptors (Lipinski definition) is 5. The maximum atomic E-state index is 12.6. The molecule has 1 aliphatic carbocycles. The van der Waals surface area contributed by atoms with E-state index in [1.54, 1.807) is 37.3 Å². The summed E-state index contributed by atoms with van der Waals surface area (Å²) in [7, 11) is 0. The molecule has 1 aliphatic rings. The van der Waals surface area contributed by atoms with E-state index in [-0.39, 0.29) is 24.2 Å². The Morgan fingerprint density at radius 3 is 2.60 bits per heavy atom. The number of allylic oxidation sites excluding steroid dienone is 2. The molecule has 2 rings (SSSR count). The van der Waals surface area contributed by atoms with Gasteiger partial charge in [0.2, 0.25) is 0 Å². The second kappa shape index (κ2) is 8.51. The van der Waals surface area contributed by atoms with Crippen LogP contribution < -0.4 is 4.74 Å². The predicted octanol–water partition coefficient (Wildman–Crippen LogP) is 3.72. The molecule has 0 aromatic heterocycles. The fourth-order valence-electron chi connectivity index (χ4n) is 2.56. The van der Waals surface area contributed by atoms with E-state index in [1.165, 1.54) is 0 Å². The van der Waals surface area contributed by atoms with Gasteiger partial charge in [-0.2, -0.15) is 0 Å². The number of benzene rings is 1. The lowest BCUT2D eigenvalue weighted by Gasteiger charge is -2.18. The number of rotatable bonds is 7. The number of Topliss-reactive ketones (excluding diaryl/α,β-unsaturated/α-hetero) is 1. The first kappa shape index (κ1) is 18.8. The lowest BCUT2D eigenvalue weighted by molar-refractivity contribution is -0.138. The molecule has 0 aliphatic heterocycles. The van der Waals surface area contributed by atoms with Crippen LogP contribution in [-0.2, 0) is 4.79 Å². The van der Waals surface area contributed by atoms with Gasteiger partial charge in [0.15, 0.2) is 5.78 Å². The molecule has 130 valence electrons. The Labute approximate surface area is 151 Å². The van der Waals surface area contributed by atoms with Crippen molar-refractivity contribution >= 4 is 29.1 Å². The van der Waals surface area contributed by atoms with E-state index in [2.05, 4.69) is 22.4 Å². The van der Waals surface area contributed by atoms with Crippen molar-refractivity contribution in [1.82, 2.24) is 0 Å². The number of carbonyl (C=O) groups is 2. The summed E-state index contributed by atoms with van der Waals surface area (Å²) < 4.78 is 5.51. The van der Waals surface area contributed by atoms with Gasteiger partial charge in [-0.15, -0.1) is 0 Å². The highest BCUT2D eigenvalue weighted by Gasteiger charge is 2.20. The number of aliphatic carboxylic acids is 1. The van der Waals surface area contributed by atoms with Crippen LogP contribution in [0.25, 0.3) is 0 Å². The van der Waals surface area contributed by atoms with E-state index in [9.17, 15) is 9.59 Å². The summed E-state index contributed by atoms with van der Waals surface area (Å²) >= 11 is 4.63. The second-order valence-electron chi connectivity index (χ2n) is 5.93. The van der Waals surface area contributed by atoms with Crippen molar-refractivity contribution < 1.29 is 19.4 Å². The van der Waals surface area contributed by atoms with E-state index in [1.807, 2.05) is 19.1 Å². The van der Waals surface area contributed by atoms with Crippen molar-refractivity contribution in [2.24, 2.45) is 10.9 Å². The normalized spacial score (nSPS) is 20.2. The van der Waals surface area contributed by atoms with E-state index < -0.39 is 12.1 Å². The predicted molar refractivity (Wildman–Crippen MR) is 98.3 cm³/mol. The van der Waals surface area contributed by atoms with Crippen LogP contribution >= 0.6 is 12.2 Å². The number of ketones is 1. The van der Waals surface area contributed by atoms with Crippen molar-refractivity contribution in [3.63, 3.8) is 0 Å². The third kappa shape index (κ3) is 5.21. The molecule has 3 atom stereocenters. The van der Waals surface area contributed by atoms with Crippen molar-refractivity contribution in [2.75, 3.05) is 0 Å². The fourth-order valence-corrected chi connectivity index (χ4v) is 2.68. The molecule has 3 unspecified atom stereocenters. The minimum atomic E-state index is -0.916. The molecule has 5 nitrogen and oxygen atoms in total. The topological polar surface area (TPSA) is 76.0 Å². The van der Waals surface area contributed by atoms with E-state index in [0.717, 1.165) is 0 Å². The van der Waals surface area contributed by atoms with Gasteiger partial charge in [-0.3, -0.25) is 9.59 Å². The first-order valence-corrected chi connectivity index (χ1v) is 8.31. The summed E-state index contributed by atoms with van der Waals surface area (Å²) in [6.45, 7) is 3.66. The molecule has 0 amide bonds. The maximum Gasteiger partial charge on any atom is 0.307 e. The molecule has 0 bridgehead atoms. The highest BCUT2D eigenvalue weighted by molar-refractivity contribution is 7.78. The van der Waals surface area contributed by atoms with E-state index in [4.69, 9.17) is 9.84 Å². The molecule has 0 radical (unpaired) electrons. The number of aliphatic imine (C=N–C) groups is 1. The number of isothiocyanates is 1. The van der Waals surface area contributed by atoms with Gasteiger partial charge < -0.3 is 9.84 Å². The monoisotopic (exact) mass is 357 g/mol. The minimum Gasteiger partial charge on any atom is -0.490 e. The van der Waals surface area contributed by atoms with Crippen molar-refractivity contribution in [3.05, 3.63) is 53.6 Å².